The summed E-state index contributed by atoms with van der Waals surface area (Å²) in [5.74, 6) is -5.09. The number of carboxylic acids is 1. The molecule has 0 radical (unpaired) electrons. The average molecular weight is 272 g/mol. The summed E-state index contributed by atoms with van der Waals surface area (Å²) in [6.07, 6.45) is -5.23. The molecule has 0 aliphatic rings. The van der Waals surface area contributed by atoms with Crippen LogP contribution in [0.5, 0.6) is 0 Å². The van der Waals surface area contributed by atoms with Crippen LogP contribution in [0.15, 0.2) is 0 Å². The molecule has 7 nitrogen and oxygen atoms in total. The Labute approximate surface area is 99.1 Å². The van der Waals surface area contributed by atoms with Crippen molar-refractivity contribution in [3.8, 4) is 0 Å². The number of hydrogen-bond donors (Lipinski definition) is 3. The number of nitrogens with one attached hydrogen (secondary N) is 1. The molecule has 1 amide bonds. The number of hydrogen-bond acceptors (Lipinski definition) is 5. The van der Waals surface area contributed by atoms with Crippen LogP contribution in [0.2, 0.25) is 0 Å². The molecule has 4 N–H and O–H groups in total. The molecular weight excluding hydrogens is 261 g/mol. The van der Waals surface area contributed by atoms with Crippen molar-refractivity contribution >= 4 is 17.8 Å². The van der Waals surface area contributed by atoms with E-state index in [1.807, 2.05) is 5.32 Å². The fraction of sp³-hybridized carbons (Fsp3) is 0.625. The molecule has 0 aliphatic carbocycles. The highest BCUT2D eigenvalue weighted by atomic mass is 19.4. The maximum Gasteiger partial charge on any atom is 0.490 e. The van der Waals surface area contributed by atoms with Crippen LogP contribution in [0.1, 0.15) is 6.92 Å². The van der Waals surface area contributed by atoms with E-state index in [-0.39, 0.29) is 0 Å². The lowest BCUT2D eigenvalue weighted by Gasteiger charge is -2.16. The number of aliphatic carboxylic acids is 1. The number of nitrogens with two attached hydrogens (primary N) is 1. The number of carbonyl (C=O) groups is 3. The Morgan fingerprint density at radius 3 is 2.22 bits per heavy atom. The first-order valence-corrected chi connectivity index (χ1v) is 4.58. The van der Waals surface area contributed by atoms with Gasteiger partial charge in [0.15, 0.2) is 6.04 Å². The molecule has 0 saturated heterocycles. The van der Waals surface area contributed by atoms with Gasteiger partial charge in [-0.15, -0.1) is 0 Å². The van der Waals surface area contributed by atoms with E-state index in [1.165, 1.54) is 6.92 Å². The second-order valence-electron chi connectivity index (χ2n) is 3.28. The van der Waals surface area contributed by atoms with Crippen molar-refractivity contribution in [2.24, 2.45) is 5.73 Å². The SMILES string of the molecule is C[C@H](N)C(=O)N[C@@H](COC(=O)C(F)(F)F)C(=O)O. The summed E-state index contributed by atoms with van der Waals surface area (Å²) < 4.78 is 39.0. The largest absolute Gasteiger partial charge is 0.490 e. The Morgan fingerprint density at radius 2 is 1.89 bits per heavy atom. The third-order valence-electron chi connectivity index (χ3n) is 1.64. The minimum atomic E-state index is -5.23. The van der Waals surface area contributed by atoms with Gasteiger partial charge in [0.2, 0.25) is 5.91 Å². The summed E-state index contributed by atoms with van der Waals surface area (Å²) >= 11 is 0. The number of esters is 1. The smallest absolute Gasteiger partial charge is 0.480 e. The van der Waals surface area contributed by atoms with E-state index < -0.39 is 42.7 Å². The van der Waals surface area contributed by atoms with Crippen LogP contribution in [-0.2, 0) is 19.1 Å². The molecule has 10 heteroatoms. The summed E-state index contributed by atoms with van der Waals surface area (Å²) in [7, 11) is 0. The minimum absolute atomic E-state index is 0.898. The van der Waals surface area contributed by atoms with Crippen LogP contribution in [0.3, 0.4) is 0 Å². The van der Waals surface area contributed by atoms with Crippen molar-refractivity contribution in [2.75, 3.05) is 6.61 Å². The van der Waals surface area contributed by atoms with Crippen molar-refractivity contribution < 1.29 is 37.4 Å². The molecule has 0 spiro atoms. The van der Waals surface area contributed by atoms with Gasteiger partial charge >= 0.3 is 18.1 Å². The van der Waals surface area contributed by atoms with Gasteiger partial charge < -0.3 is 20.9 Å². The molecule has 0 aromatic heterocycles. The quantitative estimate of drug-likeness (QED) is 0.553. The first-order valence-electron chi connectivity index (χ1n) is 4.58. The molecule has 0 rings (SSSR count). The van der Waals surface area contributed by atoms with Gasteiger partial charge in [0.25, 0.3) is 0 Å². The lowest BCUT2D eigenvalue weighted by molar-refractivity contribution is -0.200. The van der Waals surface area contributed by atoms with Gasteiger partial charge in [-0.05, 0) is 6.92 Å². The van der Waals surface area contributed by atoms with E-state index in [0.717, 1.165) is 0 Å². The van der Waals surface area contributed by atoms with Gasteiger partial charge in [-0.2, -0.15) is 13.2 Å². The van der Waals surface area contributed by atoms with E-state index in [1.54, 1.807) is 0 Å². The molecule has 104 valence electrons. The fourth-order valence-corrected chi connectivity index (χ4v) is 0.719. The van der Waals surface area contributed by atoms with Crippen LogP contribution in [0.4, 0.5) is 13.2 Å². The Balaban J connectivity index is 4.44. The Hall–Kier alpha value is -1.84. The highest BCUT2D eigenvalue weighted by Gasteiger charge is 2.41. The first kappa shape index (κ1) is 16.2. The molecule has 0 saturated carbocycles. The third kappa shape index (κ3) is 5.48. The third-order valence-corrected chi connectivity index (χ3v) is 1.64. The van der Waals surface area contributed by atoms with E-state index in [4.69, 9.17) is 10.8 Å². The van der Waals surface area contributed by atoms with Crippen LogP contribution in [0, 0.1) is 0 Å². The number of amides is 1. The van der Waals surface area contributed by atoms with Crippen LogP contribution >= 0.6 is 0 Å². The second-order valence-corrected chi connectivity index (χ2v) is 3.28. The predicted octanol–water partition coefficient (Wildman–Crippen LogP) is -0.991. The predicted molar refractivity (Wildman–Crippen MR) is 50.2 cm³/mol. The molecular formula is C8H11F3N2O5. The number of alkyl halides is 3. The molecule has 0 aromatic carbocycles. The fourth-order valence-electron chi connectivity index (χ4n) is 0.719. The number of halogens is 3. The molecule has 0 heterocycles. The van der Waals surface area contributed by atoms with Crippen LogP contribution in [0.25, 0.3) is 0 Å². The van der Waals surface area contributed by atoms with E-state index >= 15 is 0 Å². The van der Waals surface area contributed by atoms with E-state index in [9.17, 15) is 27.6 Å². The summed E-state index contributed by atoms with van der Waals surface area (Å²) in [5.41, 5.74) is 5.12. The van der Waals surface area contributed by atoms with Crippen molar-refractivity contribution in [2.45, 2.75) is 25.2 Å². The van der Waals surface area contributed by atoms with E-state index in [2.05, 4.69) is 4.74 Å². The molecule has 18 heavy (non-hydrogen) atoms. The van der Waals surface area contributed by atoms with Crippen molar-refractivity contribution in [1.82, 2.24) is 5.32 Å². The summed E-state index contributed by atoms with van der Waals surface area (Å²) in [5, 5.41) is 10.4. The standard InChI is InChI=1S/C8H11F3N2O5/c1-3(12)5(14)13-4(6(15)16)2-18-7(17)8(9,10)11/h3-4H,2,12H2,1H3,(H,13,14)(H,15,16)/t3-,4-/m0/s1. The van der Waals surface area contributed by atoms with Crippen LogP contribution < -0.4 is 11.1 Å². The van der Waals surface area contributed by atoms with Gasteiger partial charge in [-0.1, -0.05) is 0 Å². The number of ether oxygens (including phenoxy) is 1. The Bertz CT molecular complexity index is 342. The molecule has 2 atom stereocenters. The van der Waals surface area contributed by atoms with E-state index in [0.29, 0.717) is 0 Å². The maximum absolute atomic E-state index is 11.8. The number of carbonyl (C=O) groups excluding carboxylic acids is 2. The van der Waals surface area contributed by atoms with Crippen molar-refractivity contribution in [1.29, 1.82) is 0 Å². The van der Waals surface area contributed by atoms with Gasteiger partial charge in [0.05, 0.1) is 6.04 Å². The summed E-state index contributed by atoms with van der Waals surface area (Å²) in [4.78, 5) is 32.0. The molecule has 0 aliphatic heterocycles. The van der Waals surface area contributed by atoms with Gasteiger partial charge in [-0.3, -0.25) is 4.79 Å². The molecule has 0 aromatic rings. The second kappa shape index (κ2) is 6.19. The van der Waals surface area contributed by atoms with Crippen molar-refractivity contribution in [3.05, 3.63) is 0 Å². The molecule has 0 unspecified atom stereocenters. The van der Waals surface area contributed by atoms with Gasteiger partial charge in [0, 0.05) is 0 Å². The first-order chi connectivity index (χ1) is 8.05. The Kier molecular flexibility index (Phi) is 5.56. The zero-order chi connectivity index (χ0) is 14.5. The minimum Gasteiger partial charge on any atom is -0.480 e. The average Bonchev–Trinajstić information content (AvgIpc) is 2.21. The topological polar surface area (TPSA) is 119 Å². The number of rotatable bonds is 5. The Morgan fingerprint density at radius 1 is 1.39 bits per heavy atom. The summed E-state index contributed by atoms with van der Waals surface area (Å²) in [6.45, 7) is 0.0993. The van der Waals surface area contributed by atoms with Gasteiger partial charge in [0.1, 0.15) is 6.61 Å². The monoisotopic (exact) mass is 272 g/mol. The molecule has 0 fully saturated rings. The zero-order valence-corrected chi connectivity index (χ0v) is 9.15. The number of carboxylic acid groups (broad SMARTS) is 1. The highest BCUT2D eigenvalue weighted by Crippen LogP contribution is 2.16. The molecule has 0 bridgehead atoms. The lowest BCUT2D eigenvalue weighted by Crippen LogP contribution is -2.50. The maximum atomic E-state index is 11.8. The summed E-state index contributed by atoms with van der Waals surface area (Å²) in [6, 6.07) is -2.85. The zero-order valence-electron chi connectivity index (χ0n) is 9.15. The van der Waals surface area contributed by atoms with Crippen molar-refractivity contribution in [3.63, 3.8) is 0 Å². The lowest BCUT2D eigenvalue weighted by atomic mass is 10.2. The van der Waals surface area contributed by atoms with Crippen LogP contribution in [-0.4, -0.2) is 47.8 Å². The van der Waals surface area contributed by atoms with Gasteiger partial charge in [-0.25, -0.2) is 9.59 Å². The normalized spacial score (nSPS) is 14.5. The highest BCUT2D eigenvalue weighted by molar-refractivity contribution is 5.86.